The van der Waals surface area contributed by atoms with E-state index in [1.165, 1.54) is 33.8 Å². The van der Waals surface area contributed by atoms with Crippen molar-refractivity contribution >= 4 is 40.4 Å². The van der Waals surface area contributed by atoms with Crippen molar-refractivity contribution in [3.8, 4) is 0 Å². The SMILES string of the molecule is Fc1cccc(Cl)c1Cn1ccc(NC(=S)Nc2cnn(Cc3cccc(C(F)(F)F)c3)c2)n1. The van der Waals surface area contributed by atoms with Crippen LogP contribution in [-0.4, -0.2) is 24.7 Å². The summed E-state index contributed by atoms with van der Waals surface area (Å²) in [4.78, 5) is 0. The van der Waals surface area contributed by atoms with E-state index in [0.29, 0.717) is 27.7 Å². The molecule has 176 valence electrons. The molecular formula is C22H17ClF4N6S. The fraction of sp³-hybridized carbons (Fsp3) is 0.136. The van der Waals surface area contributed by atoms with E-state index in [0.717, 1.165) is 12.1 Å². The van der Waals surface area contributed by atoms with Gasteiger partial charge >= 0.3 is 6.18 Å². The van der Waals surface area contributed by atoms with E-state index in [1.807, 2.05) is 0 Å². The topological polar surface area (TPSA) is 59.7 Å². The molecule has 4 rings (SSSR count). The molecule has 0 saturated carbocycles. The molecule has 0 bridgehead atoms. The number of hydrogen-bond donors (Lipinski definition) is 2. The van der Waals surface area contributed by atoms with Crippen LogP contribution in [0.3, 0.4) is 0 Å². The van der Waals surface area contributed by atoms with Crippen LogP contribution in [0.4, 0.5) is 29.1 Å². The van der Waals surface area contributed by atoms with E-state index in [4.69, 9.17) is 23.8 Å². The number of hydrogen-bond acceptors (Lipinski definition) is 3. The van der Waals surface area contributed by atoms with Crippen LogP contribution in [0.25, 0.3) is 0 Å². The van der Waals surface area contributed by atoms with Crippen LogP contribution >= 0.6 is 23.8 Å². The monoisotopic (exact) mass is 508 g/mol. The Hall–Kier alpha value is -3.44. The molecule has 0 aliphatic heterocycles. The van der Waals surface area contributed by atoms with Crippen molar-refractivity contribution in [3.63, 3.8) is 0 Å². The maximum absolute atomic E-state index is 14.0. The molecule has 6 nitrogen and oxygen atoms in total. The molecule has 0 aliphatic carbocycles. The van der Waals surface area contributed by atoms with Crippen molar-refractivity contribution in [1.82, 2.24) is 19.6 Å². The van der Waals surface area contributed by atoms with Crippen molar-refractivity contribution in [1.29, 1.82) is 0 Å². The average molecular weight is 509 g/mol. The summed E-state index contributed by atoms with van der Waals surface area (Å²) >= 11 is 11.3. The van der Waals surface area contributed by atoms with Gasteiger partial charge in [0.1, 0.15) is 5.82 Å². The zero-order valence-corrected chi connectivity index (χ0v) is 18.9. The lowest BCUT2D eigenvalue weighted by molar-refractivity contribution is -0.137. The number of anilines is 2. The first-order chi connectivity index (χ1) is 16.2. The van der Waals surface area contributed by atoms with Crippen molar-refractivity contribution in [2.24, 2.45) is 0 Å². The highest BCUT2D eigenvalue weighted by Gasteiger charge is 2.30. The fourth-order valence-corrected chi connectivity index (χ4v) is 3.63. The number of alkyl halides is 3. The van der Waals surface area contributed by atoms with Crippen LogP contribution in [0.5, 0.6) is 0 Å². The zero-order chi connectivity index (χ0) is 24.3. The number of rotatable bonds is 6. The number of nitrogens with zero attached hydrogens (tertiary/aromatic N) is 4. The third-order valence-electron chi connectivity index (χ3n) is 4.75. The van der Waals surface area contributed by atoms with E-state index < -0.39 is 17.6 Å². The highest BCUT2D eigenvalue weighted by atomic mass is 35.5. The predicted molar refractivity (Wildman–Crippen MR) is 125 cm³/mol. The maximum atomic E-state index is 14.0. The quantitative estimate of drug-likeness (QED) is 0.255. The molecule has 12 heteroatoms. The Balaban J connectivity index is 1.34. The number of nitrogens with one attached hydrogen (secondary N) is 2. The first-order valence-corrected chi connectivity index (χ1v) is 10.7. The van der Waals surface area contributed by atoms with Gasteiger partial charge in [-0.25, -0.2) is 4.39 Å². The summed E-state index contributed by atoms with van der Waals surface area (Å²) in [5.74, 6) is 0.0122. The molecule has 0 saturated heterocycles. The second kappa shape index (κ2) is 9.82. The van der Waals surface area contributed by atoms with Crippen molar-refractivity contribution < 1.29 is 17.6 Å². The Labute approximate surface area is 202 Å². The molecular weight excluding hydrogens is 492 g/mol. The second-order valence-electron chi connectivity index (χ2n) is 7.30. The van der Waals surface area contributed by atoms with E-state index in [-0.39, 0.29) is 18.2 Å². The Morgan fingerprint density at radius 3 is 2.59 bits per heavy atom. The standard InChI is InChI=1S/C22H17ClF4N6S/c23-18-5-2-6-19(24)17(18)13-32-8-7-20(31-32)30-21(34)29-16-10-28-33(12-16)11-14-3-1-4-15(9-14)22(25,26)27/h1-10,12H,11,13H2,(H2,29,30,31,34). The van der Waals surface area contributed by atoms with Gasteiger partial charge in [0.15, 0.2) is 10.9 Å². The van der Waals surface area contributed by atoms with Crippen molar-refractivity contribution in [2.45, 2.75) is 19.3 Å². The molecule has 0 amide bonds. The Kier molecular flexibility index (Phi) is 6.85. The van der Waals surface area contributed by atoms with Gasteiger partial charge in [-0.05, 0) is 42.0 Å². The fourth-order valence-electron chi connectivity index (χ4n) is 3.19. The van der Waals surface area contributed by atoms with Crippen LogP contribution in [0, 0.1) is 5.82 Å². The first kappa shape index (κ1) is 23.7. The van der Waals surface area contributed by atoms with E-state index in [2.05, 4.69) is 20.8 Å². The summed E-state index contributed by atoms with van der Waals surface area (Å²) in [5.41, 5.74) is 0.623. The zero-order valence-electron chi connectivity index (χ0n) is 17.4. The molecule has 0 spiro atoms. The number of benzene rings is 2. The molecule has 0 fully saturated rings. The van der Waals surface area contributed by atoms with Gasteiger partial charge in [0.2, 0.25) is 0 Å². The highest BCUT2D eigenvalue weighted by molar-refractivity contribution is 7.80. The molecule has 2 heterocycles. The van der Waals surface area contributed by atoms with Gasteiger partial charge in [-0.2, -0.15) is 23.4 Å². The lowest BCUT2D eigenvalue weighted by Gasteiger charge is -2.09. The molecule has 0 radical (unpaired) electrons. The molecule has 0 unspecified atom stereocenters. The van der Waals surface area contributed by atoms with Gasteiger partial charge in [-0.3, -0.25) is 9.36 Å². The van der Waals surface area contributed by atoms with Crippen LogP contribution < -0.4 is 10.6 Å². The first-order valence-electron chi connectivity index (χ1n) is 9.90. The van der Waals surface area contributed by atoms with Crippen LogP contribution in [0.15, 0.2) is 67.1 Å². The minimum atomic E-state index is -4.40. The van der Waals surface area contributed by atoms with Crippen LogP contribution in [0.1, 0.15) is 16.7 Å². The summed E-state index contributed by atoms with van der Waals surface area (Å²) in [5, 5.41) is 14.8. The van der Waals surface area contributed by atoms with Crippen molar-refractivity contribution in [3.05, 3.63) is 94.7 Å². The molecule has 0 atom stereocenters. The third kappa shape index (κ3) is 5.91. The Morgan fingerprint density at radius 1 is 1.03 bits per heavy atom. The Morgan fingerprint density at radius 2 is 1.82 bits per heavy atom. The Bertz CT molecular complexity index is 1300. The summed E-state index contributed by atoms with van der Waals surface area (Å²) in [7, 11) is 0. The van der Waals surface area contributed by atoms with Crippen LogP contribution in [-0.2, 0) is 19.3 Å². The average Bonchev–Trinajstić information content (AvgIpc) is 3.39. The third-order valence-corrected chi connectivity index (χ3v) is 5.31. The van der Waals surface area contributed by atoms with E-state index >= 15 is 0 Å². The van der Waals surface area contributed by atoms with Crippen molar-refractivity contribution in [2.75, 3.05) is 10.6 Å². The van der Waals surface area contributed by atoms with Gasteiger partial charge in [-0.1, -0.05) is 29.8 Å². The normalized spacial score (nSPS) is 11.4. The summed E-state index contributed by atoms with van der Waals surface area (Å²) in [6, 6.07) is 11.2. The predicted octanol–water partition coefficient (Wildman–Crippen LogP) is 5.80. The van der Waals surface area contributed by atoms with Gasteiger partial charge in [0, 0.05) is 29.0 Å². The summed E-state index contributed by atoms with van der Waals surface area (Å²) in [6.07, 6.45) is 0.368. The highest BCUT2D eigenvalue weighted by Crippen LogP contribution is 2.29. The molecule has 4 aromatic rings. The van der Waals surface area contributed by atoms with E-state index in [1.54, 1.807) is 30.6 Å². The number of aromatic nitrogens is 4. The number of halogens is 5. The molecule has 2 aromatic carbocycles. The minimum absolute atomic E-state index is 0.148. The lowest BCUT2D eigenvalue weighted by atomic mass is 10.1. The summed E-state index contributed by atoms with van der Waals surface area (Å²) < 4.78 is 55.7. The molecule has 2 aromatic heterocycles. The summed E-state index contributed by atoms with van der Waals surface area (Å²) in [6.45, 7) is 0.310. The van der Waals surface area contributed by atoms with Gasteiger partial charge in [0.05, 0.1) is 30.5 Å². The van der Waals surface area contributed by atoms with Gasteiger partial charge < -0.3 is 10.6 Å². The number of thiocarbonyl (C=S) groups is 1. The largest absolute Gasteiger partial charge is 0.416 e. The van der Waals surface area contributed by atoms with Gasteiger partial charge in [0.25, 0.3) is 0 Å². The second-order valence-corrected chi connectivity index (χ2v) is 8.12. The smallest absolute Gasteiger partial charge is 0.330 e. The van der Waals surface area contributed by atoms with E-state index in [9.17, 15) is 17.6 Å². The van der Waals surface area contributed by atoms with Crippen LogP contribution in [0.2, 0.25) is 5.02 Å². The molecule has 0 aliphatic rings. The molecule has 2 N–H and O–H groups in total. The minimum Gasteiger partial charge on any atom is -0.330 e. The van der Waals surface area contributed by atoms with Gasteiger partial charge in [-0.15, -0.1) is 0 Å². The lowest BCUT2D eigenvalue weighted by Crippen LogP contribution is -2.19. The maximum Gasteiger partial charge on any atom is 0.416 e. The molecule has 34 heavy (non-hydrogen) atoms.